The molecule has 0 saturated carbocycles. The van der Waals surface area contributed by atoms with Crippen LogP contribution in [0.1, 0.15) is 318 Å². The van der Waals surface area contributed by atoms with Crippen LogP contribution in [0.15, 0.2) is 156 Å². The molecule has 11 aromatic rings. The van der Waals surface area contributed by atoms with Crippen molar-refractivity contribution < 1.29 is 81.7 Å². The number of likely N-dealkylation sites (tertiary alicyclic amines) is 4. The van der Waals surface area contributed by atoms with E-state index in [4.69, 9.17) is 29.7 Å². The van der Waals surface area contributed by atoms with E-state index >= 15 is 0 Å². The van der Waals surface area contributed by atoms with Crippen LogP contribution in [0, 0.1) is 37.0 Å². The minimum Gasteiger partial charge on any atom is -0.391 e. The highest BCUT2D eigenvalue weighted by molar-refractivity contribution is 7.14. The molecular weight excluding hydrogens is 1930 g/mol. The van der Waals surface area contributed by atoms with E-state index in [1.807, 2.05) is 274 Å². The van der Waals surface area contributed by atoms with Gasteiger partial charge in [-0.15, -0.1) is 34.0 Å². The van der Waals surface area contributed by atoms with E-state index in [1.54, 1.807) is 55.0 Å². The summed E-state index contributed by atoms with van der Waals surface area (Å²) in [6.07, 6.45) is 1.47. The standard InChI is InChI=1S/C30H39N3O5S.C30H39N3O4S.C29H35N3O4S.C25H33ClN2O4/c1-17(2)27(25-13-26(32-38-25)30(4,5)6)29(37)33-14-21(35)12-23(33)24(36)11-18(3)19-7-9-20(10-8-19)28-22(15-34)31-16-39-28;1-18-27(38-17-31-18)20-11-8-19(9-12-20)10-13-23(35)22-14-21(34)16-33(22)28(36)26(30(5,6)7)24-15-25(32-37-24)29(2,3)4;1-17(2)26(24-14-25(31-36-24)29(4,5)6)28(35)32-15-21(33)13-22(32)23(34)12-9-19-7-10-20(11-8-19)27-18(3)30-16-37-27;1-15(2)23(21-13-22(27-32-21)25(3,4)5)24(31)28-14-18(29)12-19(28)20(30)11-8-16-6-9-17(26)10-7-16/h7-10,13,16-18,21,23,27,34-35H,11-12,14-15H2,1-6H3;8-9,11-12,15,17,21-22,26,34H,10,13-14,16H2,1-7H3;7-8,10-11,14,16-17,22,26H,9,12-13,15H2,1-6H3;6-7,9-10,13,15,18-19,23,29H,8,11-12,14H2,1-5H3. The first-order valence-corrected chi connectivity index (χ1v) is 53.7. The Morgan fingerprint density at radius 1 is 0.411 bits per heavy atom. The van der Waals surface area contributed by atoms with Gasteiger partial charge in [0.25, 0.3) is 0 Å². The topological polar surface area (TPSA) is 390 Å². The summed E-state index contributed by atoms with van der Waals surface area (Å²) in [6.45, 7) is 48.3. The van der Waals surface area contributed by atoms with Gasteiger partial charge in [-0.1, -0.05) is 269 Å². The SMILES string of the molecule is CC(C)C(C(=O)N1CC(O)CC1C(=O)CCc1ccc(Cl)cc1)c1cc(C(C)(C)C)no1.CC(CC(=O)C1CC(O)CN1C(=O)C(c1cc(C(C)(C)C)no1)C(C)C)c1ccc(-c2scnc2CO)cc1.Cc1ncsc1-c1ccc(CCC(=O)C2CC(=O)CN2C(=O)C(c2cc(C(C)(C)C)no2)C(C)C)cc1.Cc1ncsc1-c1ccc(CCC(=O)C2CC(O)CN2C(=O)C(c2cc(C(C)(C)C)no2)C(C)(C)C)cc1. The van der Waals surface area contributed by atoms with E-state index in [0.717, 1.165) is 87.7 Å². The molecule has 4 saturated heterocycles. The highest BCUT2D eigenvalue weighted by Gasteiger charge is 2.50. The number of carbonyl (C=O) groups excluding carboxylic acids is 9. The third-order valence-electron chi connectivity index (χ3n) is 27.8. The number of ketones is 5. The number of aryl methyl sites for hydroxylation is 5. The molecule has 4 aliphatic heterocycles. The zero-order chi connectivity index (χ0) is 107. The molecule has 4 amide bonds. The predicted octanol–water partition coefficient (Wildman–Crippen LogP) is 20.8. The molecule has 146 heavy (non-hydrogen) atoms. The number of halogens is 1. The number of amides is 4. The lowest BCUT2D eigenvalue weighted by molar-refractivity contribution is -0.141. The van der Waals surface area contributed by atoms with E-state index < -0.39 is 71.6 Å². The number of β-amino-alcohol motifs (C(OH)–C–C–N with tert-alkyl or cyclic N) is 3. The summed E-state index contributed by atoms with van der Waals surface area (Å²) in [5.74, 6) is -1.84. The van der Waals surface area contributed by atoms with Crippen LogP contribution in [0.3, 0.4) is 0 Å². The minimum atomic E-state index is -0.745. The van der Waals surface area contributed by atoms with Gasteiger partial charge in [-0.25, -0.2) is 15.0 Å². The summed E-state index contributed by atoms with van der Waals surface area (Å²) in [5, 5.41) is 58.2. The van der Waals surface area contributed by atoms with Gasteiger partial charge in [-0.2, -0.15) is 0 Å². The van der Waals surface area contributed by atoms with Crippen molar-refractivity contribution in [3.05, 3.63) is 228 Å². The van der Waals surface area contributed by atoms with Crippen molar-refractivity contribution in [2.75, 3.05) is 26.2 Å². The van der Waals surface area contributed by atoms with Gasteiger partial charge in [0.1, 0.15) is 46.7 Å². The van der Waals surface area contributed by atoms with Crippen LogP contribution in [0.4, 0.5) is 0 Å². The smallest absolute Gasteiger partial charge is 0.234 e. The van der Waals surface area contributed by atoms with Crippen LogP contribution >= 0.6 is 45.6 Å². The molecule has 15 rings (SSSR count). The first-order valence-electron chi connectivity index (χ1n) is 50.7. The molecule has 4 fully saturated rings. The predicted molar refractivity (Wildman–Crippen MR) is 567 cm³/mol. The number of aliphatic hydroxyl groups excluding tert-OH is 4. The van der Waals surface area contributed by atoms with Crippen molar-refractivity contribution in [2.45, 2.75) is 337 Å². The molecule has 4 N–H and O–H groups in total. The highest BCUT2D eigenvalue weighted by Crippen LogP contribution is 2.44. The van der Waals surface area contributed by atoms with Gasteiger partial charge in [0, 0.05) is 122 Å². The molecule has 12 atom stereocenters. The van der Waals surface area contributed by atoms with Crippen molar-refractivity contribution >= 4 is 98.2 Å². The molecule has 0 aliphatic carbocycles. The summed E-state index contributed by atoms with van der Waals surface area (Å²) in [6, 6.07) is 36.4. The number of Topliss-reactive ketones (excluding diaryl/α,β-unsaturated/α-hetero) is 5. The largest absolute Gasteiger partial charge is 0.391 e. The maximum absolute atomic E-state index is 13.9. The number of aliphatic hydroxyl groups is 4. The van der Waals surface area contributed by atoms with Gasteiger partial charge < -0.3 is 58.1 Å². The first kappa shape index (κ1) is 114. The lowest BCUT2D eigenvalue weighted by Crippen LogP contribution is -2.45. The number of hydrogen-bond acceptors (Lipinski definition) is 27. The van der Waals surface area contributed by atoms with Gasteiger partial charge >= 0.3 is 0 Å². The summed E-state index contributed by atoms with van der Waals surface area (Å²) < 4.78 is 22.5. The summed E-state index contributed by atoms with van der Waals surface area (Å²) in [4.78, 5) is 143. The number of aromatic nitrogens is 7. The minimum absolute atomic E-state index is 0.0297. The number of thiazole rings is 3. The number of hydrogen-bond donors (Lipinski definition) is 4. The fraction of sp³-hybridized carbons (Fsp3) is 0.526. The first-order chi connectivity index (χ1) is 68.6. The fourth-order valence-electron chi connectivity index (χ4n) is 19.2. The second-order valence-corrected chi connectivity index (χ2v) is 48.8. The van der Waals surface area contributed by atoms with Crippen molar-refractivity contribution in [1.29, 1.82) is 0 Å². The summed E-state index contributed by atoms with van der Waals surface area (Å²) in [5.41, 5.74) is 17.2. The Morgan fingerprint density at radius 3 is 1.07 bits per heavy atom. The van der Waals surface area contributed by atoms with E-state index in [9.17, 15) is 63.6 Å². The summed E-state index contributed by atoms with van der Waals surface area (Å²) >= 11 is 10.6. The molecule has 0 radical (unpaired) electrons. The highest BCUT2D eigenvalue weighted by atomic mass is 35.5. The Hall–Kier alpha value is -11.0. The number of benzene rings is 4. The molecule has 32 heteroatoms. The normalized spacial score (nSPS) is 18.9. The monoisotopic (exact) mass is 2070 g/mol. The van der Waals surface area contributed by atoms with Crippen molar-refractivity contribution in [3.63, 3.8) is 0 Å². The number of nitrogens with zero attached hydrogens (tertiary/aromatic N) is 11. The maximum Gasteiger partial charge on any atom is 0.234 e. The Kier molecular flexibility index (Phi) is 37.4. The van der Waals surface area contributed by atoms with Crippen LogP contribution < -0.4 is 0 Å². The second kappa shape index (κ2) is 48.1. The van der Waals surface area contributed by atoms with Gasteiger partial charge in [0.2, 0.25) is 23.6 Å². The third-order valence-corrected chi connectivity index (χ3v) is 30.9. The summed E-state index contributed by atoms with van der Waals surface area (Å²) in [7, 11) is 0. The van der Waals surface area contributed by atoms with Gasteiger partial charge in [-0.3, -0.25) is 43.2 Å². The van der Waals surface area contributed by atoms with Gasteiger partial charge in [0.15, 0.2) is 28.9 Å². The van der Waals surface area contributed by atoms with E-state index in [2.05, 4.69) is 47.7 Å². The third kappa shape index (κ3) is 28.3. The molecular formula is C114H146ClN11O17S3. The molecule has 12 unspecified atom stereocenters. The van der Waals surface area contributed by atoms with Crippen LogP contribution in [0.2, 0.25) is 5.02 Å². The van der Waals surface area contributed by atoms with Crippen molar-refractivity contribution in [2.24, 2.45) is 23.2 Å². The van der Waals surface area contributed by atoms with E-state index in [0.29, 0.717) is 65.9 Å². The van der Waals surface area contributed by atoms with Crippen LogP contribution in [-0.2, 0) is 90.7 Å². The molecule has 4 aromatic carbocycles. The number of carbonyl (C=O) groups is 9. The van der Waals surface area contributed by atoms with Crippen LogP contribution in [0.25, 0.3) is 31.3 Å². The Labute approximate surface area is 875 Å². The fourth-order valence-corrected chi connectivity index (χ4v) is 21.7. The average molecular weight is 2070 g/mol. The zero-order valence-electron chi connectivity index (χ0n) is 88.9. The Morgan fingerprint density at radius 2 is 0.726 bits per heavy atom. The molecule has 7 aromatic heterocycles. The maximum atomic E-state index is 13.9. The average Bonchev–Trinajstić information content (AvgIpc) is 1.71. The van der Waals surface area contributed by atoms with E-state index in [1.165, 1.54) is 16.2 Å². The van der Waals surface area contributed by atoms with Crippen molar-refractivity contribution in [1.82, 2.24) is 55.2 Å². The zero-order valence-corrected chi connectivity index (χ0v) is 92.1. The lowest BCUT2D eigenvalue weighted by Gasteiger charge is -2.33. The van der Waals surface area contributed by atoms with Crippen LogP contribution in [-0.4, -0.2) is 197 Å². The van der Waals surface area contributed by atoms with Gasteiger partial charge in [-0.05, 0) is 113 Å². The Bertz CT molecular complexity index is 6310. The molecule has 0 spiro atoms. The lowest BCUT2D eigenvalue weighted by atomic mass is 9.77. The second-order valence-electron chi connectivity index (χ2n) is 45.8. The van der Waals surface area contributed by atoms with E-state index in [-0.39, 0.29) is 169 Å². The molecule has 28 nitrogen and oxygen atoms in total. The van der Waals surface area contributed by atoms with Gasteiger partial charge in [0.05, 0.1) is 127 Å². The van der Waals surface area contributed by atoms with Crippen LogP contribution in [0.5, 0.6) is 0 Å². The quantitative estimate of drug-likeness (QED) is 0.0313. The van der Waals surface area contributed by atoms with Crippen molar-refractivity contribution in [3.8, 4) is 31.3 Å². The molecule has 4 aliphatic rings. The number of rotatable bonds is 31. The molecule has 11 heterocycles. The molecule has 784 valence electrons. The Balaban J connectivity index is 0.000000174. The molecule has 0 bridgehead atoms.